The lowest BCUT2D eigenvalue weighted by Gasteiger charge is -2.32. The highest BCUT2D eigenvalue weighted by Crippen LogP contribution is 2.21. The van der Waals surface area contributed by atoms with Crippen molar-refractivity contribution in [1.29, 1.82) is 0 Å². The van der Waals surface area contributed by atoms with Gasteiger partial charge in [-0.15, -0.1) is 0 Å². The maximum atomic E-state index is 13.8. The summed E-state index contributed by atoms with van der Waals surface area (Å²) in [7, 11) is 0. The third kappa shape index (κ3) is 4.11. The first-order valence-electron chi connectivity index (χ1n) is 7.95. The summed E-state index contributed by atoms with van der Waals surface area (Å²) in [6.45, 7) is 0.466. The Bertz CT molecular complexity index is 831. The third-order valence-corrected chi connectivity index (χ3v) is 4.17. The summed E-state index contributed by atoms with van der Waals surface area (Å²) >= 11 is 0. The number of nitrogens with zero attached hydrogens (tertiary/aromatic N) is 2. The molecule has 2 aromatic rings. The molecule has 0 unspecified atom stereocenters. The number of carbonyl (C=O) groups excluding carboxylic acids is 2. The average molecular weight is 347 g/mol. The van der Waals surface area contributed by atoms with Crippen molar-refractivity contribution in [2.45, 2.75) is 25.9 Å². The Morgan fingerprint density at radius 1 is 1.36 bits per heavy atom. The SMILES string of the molecule is O=C(NCc1n[nH]c(=O)[nH]1)[C@@H]1CCC(=O)N(Cc2ccccc2F)C1. The van der Waals surface area contributed by atoms with Crippen LogP contribution in [0.3, 0.4) is 0 Å². The number of rotatable bonds is 5. The van der Waals surface area contributed by atoms with E-state index in [1.54, 1.807) is 18.2 Å². The van der Waals surface area contributed by atoms with E-state index < -0.39 is 5.69 Å². The number of hydrogen-bond acceptors (Lipinski definition) is 4. The Labute approximate surface area is 142 Å². The molecule has 1 aliphatic rings. The quantitative estimate of drug-likeness (QED) is 0.722. The fourth-order valence-electron chi connectivity index (χ4n) is 2.82. The van der Waals surface area contributed by atoms with Crippen molar-refractivity contribution >= 4 is 11.8 Å². The molecule has 1 aromatic heterocycles. The van der Waals surface area contributed by atoms with Crippen LogP contribution < -0.4 is 11.0 Å². The van der Waals surface area contributed by atoms with Crippen LogP contribution in [-0.2, 0) is 22.7 Å². The average Bonchev–Trinajstić information content (AvgIpc) is 3.02. The Balaban J connectivity index is 1.59. The summed E-state index contributed by atoms with van der Waals surface area (Å²) in [5, 5.41) is 8.62. The molecule has 0 bridgehead atoms. The van der Waals surface area contributed by atoms with Gasteiger partial charge in [-0.05, 0) is 12.5 Å². The largest absolute Gasteiger partial charge is 0.349 e. The second kappa shape index (κ2) is 7.29. The number of benzene rings is 1. The maximum absolute atomic E-state index is 13.8. The zero-order valence-electron chi connectivity index (χ0n) is 13.4. The van der Waals surface area contributed by atoms with Crippen LogP contribution in [-0.4, -0.2) is 38.4 Å². The summed E-state index contributed by atoms with van der Waals surface area (Å²) in [6.07, 6.45) is 0.682. The van der Waals surface area contributed by atoms with Crippen LogP contribution in [0.5, 0.6) is 0 Å². The highest BCUT2D eigenvalue weighted by Gasteiger charge is 2.30. The molecule has 2 amide bonds. The van der Waals surface area contributed by atoms with Gasteiger partial charge in [0, 0.05) is 25.1 Å². The minimum atomic E-state index is -0.441. The van der Waals surface area contributed by atoms with E-state index in [1.807, 2.05) is 0 Å². The highest BCUT2D eigenvalue weighted by molar-refractivity contribution is 5.83. The van der Waals surface area contributed by atoms with Crippen molar-refractivity contribution in [2.75, 3.05) is 6.54 Å². The molecule has 1 atom stereocenters. The Hall–Kier alpha value is -2.97. The molecule has 8 nitrogen and oxygen atoms in total. The predicted molar refractivity (Wildman–Crippen MR) is 85.6 cm³/mol. The third-order valence-electron chi connectivity index (χ3n) is 4.17. The summed E-state index contributed by atoms with van der Waals surface area (Å²) < 4.78 is 13.8. The number of likely N-dealkylation sites (tertiary alicyclic amines) is 1. The minimum absolute atomic E-state index is 0.0926. The van der Waals surface area contributed by atoms with E-state index in [9.17, 15) is 18.8 Å². The Morgan fingerprint density at radius 3 is 2.88 bits per heavy atom. The van der Waals surface area contributed by atoms with E-state index in [0.29, 0.717) is 17.8 Å². The first-order valence-corrected chi connectivity index (χ1v) is 7.95. The molecule has 9 heteroatoms. The number of piperidine rings is 1. The molecule has 0 radical (unpaired) electrons. The molecular weight excluding hydrogens is 329 g/mol. The lowest BCUT2D eigenvalue weighted by Crippen LogP contribution is -2.45. The standard InChI is InChI=1S/C16H18FN5O3/c17-12-4-2-1-3-10(12)8-22-9-11(5-6-14(22)23)15(24)18-7-13-19-16(25)21-20-13/h1-4,11H,5-9H2,(H,18,24)(H2,19,20,21,25)/t11-/m1/s1. The lowest BCUT2D eigenvalue weighted by atomic mass is 9.96. The zero-order chi connectivity index (χ0) is 17.8. The van der Waals surface area contributed by atoms with Crippen molar-refractivity contribution in [3.63, 3.8) is 0 Å². The molecule has 3 N–H and O–H groups in total. The van der Waals surface area contributed by atoms with Gasteiger partial charge in [-0.3, -0.25) is 14.6 Å². The molecular formula is C16H18FN5O3. The van der Waals surface area contributed by atoms with E-state index in [-0.39, 0.29) is 49.6 Å². The number of aromatic nitrogens is 3. The molecule has 132 valence electrons. The first kappa shape index (κ1) is 16.9. The van der Waals surface area contributed by atoms with E-state index in [1.165, 1.54) is 11.0 Å². The number of carbonyl (C=O) groups is 2. The number of nitrogens with one attached hydrogen (secondary N) is 3. The van der Waals surface area contributed by atoms with Crippen molar-refractivity contribution in [2.24, 2.45) is 5.92 Å². The van der Waals surface area contributed by atoms with Gasteiger partial charge in [0.05, 0.1) is 12.5 Å². The van der Waals surface area contributed by atoms with Gasteiger partial charge in [-0.25, -0.2) is 14.3 Å². The summed E-state index contributed by atoms with van der Waals surface area (Å²) in [4.78, 5) is 39.3. The predicted octanol–water partition coefficient (Wildman–Crippen LogP) is 0.292. The molecule has 0 saturated carbocycles. The summed E-state index contributed by atoms with van der Waals surface area (Å²) in [6, 6.07) is 6.27. The first-order chi connectivity index (χ1) is 12.0. The molecule has 3 rings (SSSR count). The van der Waals surface area contributed by atoms with Gasteiger partial charge in [0.25, 0.3) is 0 Å². The van der Waals surface area contributed by atoms with Crippen LogP contribution in [0.1, 0.15) is 24.2 Å². The van der Waals surface area contributed by atoms with Crippen LogP contribution in [0.4, 0.5) is 4.39 Å². The number of amides is 2. The van der Waals surface area contributed by atoms with Crippen molar-refractivity contribution in [3.05, 3.63) is 52.0 Å². The van der Waals surface area contributed by atoms with Gasteiger partial charge < -0.3 is 10.2 Å². The second-order valence-corrected chi connectivity index (χ2v) is 5.94. The molecule has 1 saturated heterocycles. The Morgan fingerprint density at radius 2 is 2.16 bits per heavy atom. The van der Waals surface area contributed by atoms with Crippen molar-refractivity contribution in [1.82, 2.24) is 25.4 Å². The van der Waals surface area contributed by atoms with Gasteiger partial charge in [0.15, 0.2) is 0 Å². The summed E-state index contributed by atoms with van der Waals surface area (Å²) in [5.41, 5.74) is -0.0189. The van der Waals surface area contributed by atoms with Gasteiger partial charge in [-0.1, -0.05) is 18.2 Å². The van der Waals surface area contributed by atoms with Gasteiger partial charge in [0.2, 0.25) is 11.8 Å². The molecule has 0 spiro atoms. The number of H-pyrrole nitrogens is 2. The van der Waals surface area contributed by atoms with Crippen LogP contribution in [0.2, 0.25) is 0 Å². The number of hydrogen-bond donors (Lipinski definition) is 3. The molecule has 2 heterocycles. The Kier molecular flexibility index (Phi) is 4.92. The molecule has 1 fully saturated rings. The van der Waals surface area contributed by atoms with Gasteiger partial charge >= 0.3 is 5.69 Å². The smallest absolute Gasteiger partial charge is 0.340 e. The number of aromatic amines is 2. The lowest BCUT2D eigenvalue weighted by molar-refractivity contribution is -0.139. The fraction of sp³-hybridized carbons (Fsp3) is 0.375. The van der Waals surface area contributed by atoms with Crippen LogP contribution >= 0.6 is 0 Å². The molecule has 25 heavy (non-hydrogen) atoms. The molecule has 1 aliphatic heterocycles. The highest BCUT2D eigenvalue weighted by atomic mass is 19.1. The van der Waals surface area contributed by atoms with Gasteiger partial charge in [-0.2, -0.15) is 5.10 Å². The fourth-order valence-corrected chi connectivity index (χ4v) is 2.82. The van der Waals surface area contributed by atoms with E-state index in [2.05, 4.69) is 20.5 Å². The monoisotopic (exact) mass is 347 g/mol. The van der Waals surface area contributed by atoms with Crippen LogP contribution in [0.25, 0.3) is 0 Å². The number of halogens is 1. The van der Waals surface area contributed by atoms with Gasteiger partial charge in [0.1, 0.15) is 11.6 Å². The zero-order valence-corrected chi connectivity index (χ0v) is 13.4. The van der Waals surface area contributed by atoms with Crippen LogP contribution in [0.15, 0.2) is 29.1 Å². The maximum Gasteiger partial charge on any atom is 0.340 e. The van der Waals surface area contributed by atoms with E-state index >= 15 is 0 Å². The van der Waals surface area contributed by atoms with Crippen molar-refractivity contribution in [3.8, 4) is 0 Å². The second-order valence-electron chi connectivity index (χ2n) is 5.94. The molecule has 1 aromatic carbocycles. The van der Waals surface area contributed by atoms with Crippen LogP contribution in [0, 0.1) is 11.7 Å². The van der Waals surface area contributed by atoms with E-state index in [0.717, 1.165) is 0 Å². The normalized spacial score (nSPS) is 17.6. The van der Waals surface area contributed by atoms with Crippen molar-refractivity contribution < 1.29 is 14.0 Å². The van der Waals surface area contributed by atoms with E-state index in [4.69, 9.17) is 0 Å². The topological polar surface area (TPSA) is 111 Å². The molecule has 0 aliphatic carbocycles. The minimum Gasteiger partial charge on any atom is -0.349 e. The summed E-state index contributed by atoms with van der Waals surface area (Å²) in [5.74, 6) is -0.744.